The Morgan fingerprint density at radius 3 is 2.78 bits per heavy atom. The van der Waals surface area contributed by atoms with Crippen molar-refractivity contribution in [1.29, 1.82) is 0 Å². The number of nitrogens with zero attached hydrogens (tertiary/aromatic N) is 1. The van der Waals surface area contributed by atoms with E-state index in [1.54, 1.807) is 4.57 Å². The van der Waals surface area contributed by atoms with E-state index in [1.807, 2.05) is 24.3 Å². The summed E-state index contributed by atoms with van der Waals surface area (Å²) in [6.07, 6.45) is 2.11. The Bertz CT molecular complexity index is 1190. The maximum atomic E-state index is 12.2. The lowest BCUT2D eigenvalue weighted by molar-refractivity contribution is -0.118. The number of carbonyl (C=O) groups excluding carboxylic acids is 1. The fraction of sp³-hybridized carbons (Fsp3) is 0.417. The van der Waals surface area contributed by atoms with Crippen LogP contribution in [0.3, 0.4) is 0 Å². The molecule has 1 aliphatic heterocycles. The number of para-hydroxylation sites is 2. The summed E-state index contributed by atoms with van der Waals surface area (Å²) in [5.74, 6) is 0.0810. The standard InChI is InChI=1S/C24H29N3O5/c1-24(2,9-5-11-27-19-7-4-3-6-17(19)26-23(27)31)10-8-20(29)16-12-15(28)13-18-22(16)32-14-21(30)25-18/h3-4,6-7,12-13,20,28-29H,5,8-11,14H2,1-2H3,(H,25,30)(H,26,31). The summed E-state index contributed by atoms with van der Waals surface area (Å²) < 4.78 is 7.28. The van der Waals surface area contributed by atoms with Gasteiger partial charge in [0.1, 0.15) is 11.5 Å². The second-order valence-electron chi connectivity index (χ2n) is 9.17. The molecule has 0 aliphatic carbocycles. The zero-order valence-electron chi connectivity index (χ0n) is 18.4. The van der Waals surface area contributed by atoms with Crippen molar-refractivity contribution in [1.82, 2.24) is 9.55 Å². The molecule has 32 heavy (non-hydrogen) atoms. The second kappa shape index (κ2) is 8.70. The van der Waals surface area contributed by atoms with E-state index in [1.165, 1.54) is 12.1 Å². The summed E-state index contributed by atoms with van der Waals surface area (Å²) in [5, 5.41) is 23.5. The van der Waals surface area contributed by atoms with Gasteiger partial charge in [0.05, 0.1) is 22.8 Å². The van der Waals surface area contributed by atoms with Crippen LogP contribution in [0.5, 0.6) is 11.5 Å². The predicted molar refractivity (Wildman–Crippen MR) is 122 cm³/mol. The third kappa shape index (κ3) is 4.65. The Kier molecular flexibility index (Phi) is 5.97. The number of aromatic hydroxyl groups is 1. The number of aliphatic hydroxyl groups excluding tert-OH is 1. The molecule has 8 heteroatoms. The van der Waals surface area contributed by atoms with Gasteiger partial charge in [0.2, 0.25) is 0 Å². The molecule has 8 nitrogen and oxygen atoms in total. The van der Waals surface area contributed by atoms with E-state index in [0.717, 1.165) is 30.3 Å². The SMILES string of the molecule is CC(C)(CCCn1c(=O)[nH]c2ccccc21)CCC(O)c1cc(O)cc2c1OCC(=O)N2. The van der Waals surface area contributed by atoms with E-state index in [2.05, 4.69) is 24.1 Å². The molecule has 1 unspecified atom stereocenters. The van der Waals surface area contributed by atoms with Gasteiger partial charge in [-0.3, -0.25) is 9.36 Å². The highest BCUT2D eigenvalue weighted by Crippen LogP contribution is 2.41. The van der Waals surface area contributed by atoms with Gasteiger partial charge in [-0.15, -0.1) is 0 Å². The first kappa shape index (κ1) is 22.0. The van der Waals surface area contributed by atoms with Gasteiger partial charge in [-0.05, 0) is 49.3 Å². The summed E-state index contributed by atoms with van der Waals surface area (Å²) in [6.45, 7) is 4.80. The average Bonchev–Trinajstić information content (AvgIpc) is 3.06. The molecule has 0 bridgehead atoms. The quantitative estimate of drug-likeness (QED) is 0.427. The minimum absolute atomic E-state index is 0.0352. The first-order valence-corrected chi connectivity index (χ1v) is 10.9. The summed E-state index contributed by atoms with van der Waals surface area (Å²) in [7, 11) is 0. The minimum Gasteiger partial charge on any atom is -0.508 e. The van der Waals surface area contributed by atoms with Crippen molar-refractivity contribution >= 4 is 22.6 Å². The third-order valence-electron chi connectivity index (χ3n) is 6.09. The number of aromatic nitrogens is 2. The number of benzene rings is 2. The van der Waals surface area contributed by atoms with E-state index < -0.39 is 6.10 Å². The van der Waals surface area contributed by atoms with Crippen molar-refractivity contribution in [3.8, 4) is 11.5 Å². The van der Waals surface area contributed by atoms with E-state index in [0.29, 0.717) is 30.0 Å². The molecule has 3 aromatic rings. The number of H-pyrrole nitrogens is 1. The number of phenolic OH excluding ortho intramolecular Hbond substituents is 1. The molecule has 0 fully saturated rings. The van der Waals surface area contributed by atoms with Crippen LogP contribution in [0.4, 0.5) is 5.69 Å². The second-order valence-corrected chi connectivity index (χ2v) is 9.17. The molecule has 2 aromatic carbocycles. The lowest BCUT2D eigenvalue weighted by Gasteiger charge is -2.27. The van der Waals surface area contributed by atoms with Gasteiger partial charge in [-0.1, -0.05) is 26.0 Å². The fourth-order valence-electron chi connectivity index (χ4n) is 4.31. The van der Waals surface area contributed by atoms with Gasteiger partial charge in [0, 0.05) is 18.2 Å². The number of fused-ring (bicyclic) bond motifs is 2. The maximum Gasteiger partial charge on any atom is 0.326 e. The topological polar surface area (TPSA) is 117 Å². The number of ether oxygens (including phenoxy) is 1. The van der Waals surface area contributed by atoms with E-state index >= 15 is 0 Å². The Labute approximate surface area is 185 Å². The lowest BCUT2D eigenvalue weighted by atomic mass is 9.81. The molecule has 0 saturated heterocycles. The minimum atomic E-state index is -0.832. The fourth-order valence-corrected chi connectivity index (χ4v) is 4.31. The molecule has 1 atom stereocenters. The number of nitrogens with one attached hydrogen (secondary N) is 2. The average molecular weight is 440 g/mol. The highest BCUT2D eigenvalue weighted by atomic mass is 16.5. The maximum absolute atomic E-state index is 12.2. The first-order chi connectivity index (χ1) is 15.2. The summed E-state index contributed by atoms with van der Waals surface area (Å²) in [5.41, 5.74) is 2.45. The molecule has 4 rings (SSSR count). The number of aliphatic hydroxyl groups is 1. The van der Waals surface area contributed by atoms with Crippen molar-refractivity contribution < 1.29 is 19.7 Å². The molecule has 170 valence electrons. The van der Waals surface area contributed by atoms with Gasteiger partial charge in [-0.2, -0.15) is 0 Å². The monoisotopic (exact) mass is 439 g/mol. The van der Waals surface area contributed by atoms with Crippen LogP contribution in [0.25, 0.3) is 11.0 Å². The van der Waals surface area contributed by atoms with Crippen LogP contribution in [0.15, 0.2) is 41.2 Å². The van der Waals surface area contributed by atoms with Crippen molar-refractivity contribution in [3.63, 3.8) is 0 Å². The van der Waals surface area contributed by atoms with Gasteiger partial charge in [-0.25, -0.2) is 4.79 Å². The number of hydrogen-bond donors (Lipinski definition) is 4. The van der Waals surface area contributed by atoms with E-state index in [-0.39, 0.29) is 29.4 Å². The van der Waals surface area contributed by atoms with Crippen molar-refractivity contribution in [2.45, 2.75) is 52.2 Å². The van der Waals surface area contributed by atoms with Gasteiger partial charge < -0.3 is 25.3 Å². The molecule has 2 heterocycles. The molecule has 0 radical (unpaired) electrons. The molecule has 4 N–H and O–H groups in total. The van der Waals surface area contributed by atoms with Crippen LogP contribution >= 0.6 is 0 Å². The summed E-state index contributed by atoms with van der Waals surface area (Å²) in [6, 6.07) is 10.6. The number of phenols is 1. The molecule has 1 aliphatic rings. The summed E-state index contributed by atoms with van der Waals surface area (Å²) in [4.78, 5) is 26.7. The van der Waals surface area contributed by atoms with Crippen LogP contribution < -0.4 is 15.7 Å². The Hall–Kier alpha value is -3.26. The number of rotatable bonds is 8. The number of anilines is 1. The zero-order valence-corrected chi connectivity index (χ0v) is 18.4. The molecule has 0 saturated carbocycles. The molecule has 0 spiro atoms. The number of amides is 1. The van der Waals surface area contributed by atoms with Gasteiger partial charge in [0.15, 0.2) is 6.61 Å². The Morgan fingerprint density at radius 1 is 1.19 bits per heavy atom. The molecular formula is C24H29N3O5. The van der Waals surface area contributed by atoms with Crippen LogP contribution in [0.2, 0.25) is 0 Å². The Morgan fingerprint density at radius 2 is 1.97 bits per heavy atom. The number of aryl methyl sites for hydroxylation is 1. The van der Waals surface area contributed by atoms with Crippen LogP contribution in [-0.2, 0) is 11.3 Å². The van der Waals surface area contributed by atoms with Crippen molar-refractivity contribution in [3.05, 3.63) is 52.4 Å². The lowest BCUT2D eigenvalue weighted by Crippen LogP contribution is -2.26. The van der Waals surface area contributed by atoms with Crippen LogP contribution in [0, 0.1) is 5.41 Å². The van der Waals surface area contributed by atoms with Crippen molar-refractivity contribution in [2.75, 3.05) is 11.9 Å². The number of carbonyl (C=O) groups is 1. The highest BCUT2D eigenvalue weighted by Gasteiger charge is 2.26. The van der Waals surface area contributed by atoms with Crippen molar-refractivity contribution in [2.24, 2.45) is 5.41 Å². The number of imidazole rings is 1. The first-order valence-electron chi connectivity index (χ1n) is 10.9. The number of aromatic amines is 1. The van der Waals surface area contributed by atoms with Crippen LogP contribution in [0.1, 0.15) is 51.2 Å². The smallest absolute Gasteiger partial charge is 0.326 e. The van der Waals surface area contributed by atoms with E-state index in [4.69, 9.17) is 4.74 Å². The zero-order chi connectivity index (χ0) is 22.9. The molecular weight excluding hydrogens is 410 g/mol. The third-order valence-corrected chi connectivity index (χ3v) is 6.09. The normalized spacial score (nSPS) is 14.7. The van der Waals surface area contributed by atoms with Gasteiger partial charge in [0.25, 0.3) is 5.91 Å². The van der Waals surface area contributed by atoms with E-state index in [9.17, 15) is 19.8 Å². The van der Waals surface area contributed by atoms with Crippen LogP contribution in [-0.4, -0.2) is 32.3 Å². The number of hydrogen-bond acceptors (Lipinski definition) is 5. The largest absolute Gasteiger partial charge is 0.508 e. The molecule has 1 amide bonds. The predicted octanol–water partition coefficient (Wildman–Crippen LogP) is 3.69. The molecule has 1 aromatic heterocycles. The van der Waals surface area contributed by atoms with Gasteiger partial charge >= 0.3 is 5.69 Å². The summed E-state index contributed by atoms with van der Waals surface area (Å²) >= 11 is 0. The Balaban J connectivity index is 1.36. The highest BCUT2D eigenvalue weighted by molar-refractivity contribution is 5.96.